The van der Waals surface area contributed by atoms with Crippen LogP contribution < -0.4 is 10.6 Å². The van der Waals surface area contributed by atoms with Crippen molar-refractivity contribution in [3.63, 3.8) is 0 Å². The number of nitrogens with zero attached hydrogens (tertiary/aromatic N) is 2. The summed E-state index contributed by atoms with van der Waals surface area (Å²) in [4.78, 5) is 8.90. The van der Waals surface area contributed by atoms with Crippen LogP contribution >= 0.6 is 0 Å². The predicted molar refractivity (Wildman–Crippen MR) is 104 cm³/mol. The van der Waals surface area contributed by atoms with Gasteiger partial charge in [0.2, 0.25) is 0 Å². The number of nitrogens with one attached hydrogen (secondary N) is 2. The Bertz CT molecular complexity index is 768. The maximum atomic E-state index is 13.5. The van der Waals surface area contributed by atoms with Crippen molar-refractivity contribution in [1.82, 2.24) is 15.6 Å². The average Bonchev–Trinajstić information content (AvgIpc) is 3.42. The van der Waals surface area contributed by atoms with Gasteiger partial charge in [-0.3, -0.25) is 9.98 Å². The molecule has 0 amide bonds. The first-order chi connectivity index (χ1) is 12.6. The van der Waals surface area contributed by atoms with E-state index in [1.54, 1.807) is 12.1 Å². The summed E-state index contributed by atoms with van der Waals surface area (Å²) >= 11 is 0. The van der Waals surface area contributed by atoms with Gasteiger partial charge in [0.25, 0.3) is 0 Å². The highest BCUT2D eigenvalue weighted by molar-refractivity contribution is 5.79. The molecule has 1 aromatic heterocycles. The van der Waals surface area contributed by atoms with Gasteiger partial charge in [0.15, 0.2) is 5.96 Å². The Morgan fingerprint density at radius 3 is 2.81 bits per heavy atom. The van der Waals surface area contributed by atoms with E-state index < -0.39 is 0 Å². The fourth-order valence-electron chi connectivity index (χ4n) is 3.18. The number of halogens is 1. The zero-order valence-corrected chi connectivity index (χ0v) is 15.6. The molecule has 0 unspecified atom stereocenters. The molecule has 1 fully saturated rings. The lowest BCUT2D eigenvalue weighted by Crippen LogP contribution is -2.39. The first-order valence-corrected chi connectivity index (χ1v) is 9.31. The lowest BCUT2D eigenvalue weighted by atomic mass is 9.96. The maximum absolute atomic E-state index is 13.5. The van der Waals surface area contributed by atoms with Crippen molar-refractivity contribution < 1.29 is 4.39 Å². The minimum atomic E-state index is -0.171. The number of pyridine rings is 1. The molecular weight excluding hydrogens is 327 g/mol. The van der Waals surface area contributed by atoms with Gasteiger partial charge in [-0.15, -0.1) is 0 Å². The topological polar surface area (TPSA) is 49.3 Å². The van der Waals surface area contributed by atoms with E-state index in [2.05, 4.69) is 35.5 Å². The van der Waals surface area contributed by atoms with Crippen LogP contribution in [-0.2, 0) is 11.8 Å². The molecule has 0 spiro atoms. The monoisotopic (exact) mass is 354 g/mol. The molecule has 138 valence electrons. The Labute approximate surface area is 155 Å². The van der Waals surface area contributed by atoms with Crippen LogP contribution in [0.3, 0.4) is 0 Å². The SMILES string of the molecule is CCNC(=NCC1(c2cccc(F)c2)CC1)NCCc1ccncc1C. The summed E-state index contributed by atoms with van der Waals surface area (Å²) in [7, 11) is 0. The molecule has 1 aliphatic carbocycles. The van der Waals surface area contributed by atoms with E-state index in [0.717, 1.165) is 43.9 Å². The molecule has 26 heavy (non-hydrogen) atoms. The summed E-state index contributed by atoms with van der Waals surface area (Å²) in [5.41, 5.74) is 3.57. The molecule has 2 aromatic rings. The summed E-state index contributed by atoms with van der Waals surface area (Å²) in [6.45, 7) is 6.44. The largest absolute Gasteiger partial charge is 0.357 e. The summed E-state index contributed by atoms with van der Waals surface area (Å²) < 4.78 is 13.5. The number of aliphatic imine (C=N–C) groups is 1. The molecule has 0 saturated heterocycles. The number of guanidine groups is 1. The first-order valence-electron chi connectivity index (χ1n) is 9.31. The number of benzene rings is 1. The van der Waals surface area contributed by atoms with Gasteiger partial charge in [-0.2, -0.15) is 0 Å². The molecule has 0 bridgehead atoms. The van der Waals surface area contributed by atoms with Crippen molar-refractivity contribution in [3.05, 3.63) is 65.2 Å². The summed E-state index contributed by atoms with van der Waals surface area (Å²) in [5, 5.41) is 6.70. The highest BCUT2D eigenvalue weighted by Crippen LogP contribution is 2.48. The molecule has 1 aromatic carbocycles. The Morgan fingerprint density at radius 2 is 2.12 bits per heavy atom. The van der Waals surface area contributed by atoms with E-state index >= 15 is 0 Å². The lowest BCUT2D eigenvalue weighted by molar-refractivity contribution is 0.615. The van der Waals surface area contributed by atoms with Crippen molar-refractivity contribution in [1.29, 1.82) is 0 Å². The van der Waals surface area contributed by atoms with Crippen LogP contribution in [0.5, 0.6) is 0 Å². The highest BCUT2D eigenvalue weighted by atomic mass is 19.1. The van der Waals surface area contributed by atoms with E-state index in [0.29, 0.717) is 6.54 Å². The summed E-state index contributed by atoms with van der Waals surface area (Å²) in [6.07, 6.45) is 6.78. The van der Waals surface area contributed by atoms with Crippen molar-refractivity contribution in [2.24, 2.45) is 4.99 Å². The number of rotatable bonds is 7. The Hall–Kier alpha value is -2.43. The molecule has 0 radical (unpaired) electrons. The number of hydrogen-bond acceptors (Lipinski definition) is 2. The van der Waals surface area contributed by atoms with Crippen LogP contribution in [-0.4, -0.2) is 30.6 Å². The first kappa shape index (κ1) is 18.4. The van der Waals surface area contributed by atoms with Crippen LogP contribution in [0.15, 0.2) is 47.7 Å². The fourth-order valence-corrected chi connectivity index (χ4v) is 3.18. The van der Waals surface area contributed by atoms with Gasteiger partial charge in [0.05, 0.1) is 6.54 Å². The van der Waals surface area contributed by atoms with Gasteiger partial charge in [-0.05, 0) is 68.0 Å². The van der Waals surface area contributed by atoms with Crippen molar-refractivity contribution in [3.8, 4) is 0 Å². The Balaban J connectivity index is 1.60. The second-order valence-electron chi connectivity index (χ2n) is 6.96. The van der Waals surface area contributed by atoms with Crippen LogP contribution in [0.1, 0.15) is 36.5 Å². The molecule has 1 aliphatic rings. The van der Waals surface area contributed by atoms with Crippen LogP contribution in [0, 0.1) is 12.7 Å². The molecule has 0 aliphatic heterocycles. The second kappa shape index (κ2) is 8.30. The van der Waals surface area contributed by atoms with Gasteiger partial charge < -0.3 is 10.6 Å². The van der Waals surface area contributed by atoms with E-state index in [-0.39, 0.29) is 11.2 Å². The smallest absolute Gasteiger partial charge is 0.191 e. The highest BCUT2D eigenvalue weighted by Gasteiger charge is 2.44. The zero-order chi connectivity index (χ0) is 18.4. The lowest BCUT2D eigenvalue weighted by Gasteiger charge is -2.16. The van der Waals surface area contributed by atoms with E-state index in [1.165, 1.54) is 17.2 Å². The maximum Gasteiger partial charge on any atom is 0.191 e. The Morgan fingerprint density at radius 1 is 1.27 bits per heavy atom. The third-order valence-electron chi connectivity index (χ3n) is 5.00. The molecule has 3 rings (SSSR count). The minimum absolute atomic E-state index is 0.00609. The minimum Gasteiger partial charge on any atom is -0.357 e. The second-order valence-corrected chi connectivity index (χ2v) is 6.96. The molecule has 4 nitrogen and oxygen atoms in total. The van der Waals surface area contributed by atoms with Crippen molar-refractivity contribution >= 4 is 5.96 Å². The molecule has 1 saturated carbocycles. The van der Waals surface area contributed by atoms with Crippen LogP contribution in [0.4, 0.5) is 4.39 Å². The third-order valence-corrected chi connectivity index (χ3v) is 5.00. The number of aryl methyl sites for hydroxylation is 1. The van der Waals surface area contributed by atoms with Crippen LogP contribution in [0.2, 0.25) is 0 Å². The van der Waals surface area contributed by atoms with Crippen molar-refractivity contribution in [2.75, 3.05) is 19.6 Å². The van der Waals surface area contributed by atoms with Gasteiger partial charge in [-0.25, -0.2) is 4.39 Å². The van der Waals surface area contributed by atoms with E-state index in [4.69, 9.17) is 4.99 Å². The van der Waals surface area contributed by atoms with E-state index in [1.807, 2.05) is 18.5 Å². The van der Waals surface area contributed by atoms with Gasteiger partial charge in [0, 0.05) is 30.9 Å². The van der Waals surface area contributed by atoms with E-state index in [9.17, 15) is 4.39 Å². The van der Waals surface area contributed by atoms with Gasteiger partial charge in [-0.1, -0.05) is 12.1 Å². The standard InChI is InChI=1S/C21H27FN4/c1-3-24-20(25-12-8-17-7-11-23-14-16(17)2)26-15-21(9-10-21)18-5-4-6-19(22)13-18/h4-7,11,13-14H,3,8-10,12,15H2,1-2H3,(H2,24,25,26). The quantitative estimate of drug-likeness (QED) is 0.592. The molecule has 1 heterocycles. The fraction of sp³-hybridized carbons (Fsp3) is 0.429. The normalized spacial score (nSPS) is 15.6. The third kappa shape index (κ3) is 4.59. The van der Waals surface area contributed by atoms with Crippen molar-refractivity contribution in [2.45, 2.75) is 38.5 Å². The summed E-state index contributed by atoms with van der Waals surface area (Å²) in [6, 6.07) is 9.00. The van der Waals surface area contributed by atoms with Crippen LogP contribution in [0.25, 0.3) is 0 Å². The zero-order valence-electron chi connectivity index (χ0n) is 15.6. The molecule has 5 heteroatoms. The van der Waals surface area contributed by atoms with Gasteiger partial charge >= 0.3 is 0 Å². The Kier molecular flexibility index (Phi) is 5.86. The number of hydrogen-bond donors (Lipinski definition) is 2. The van der Waals surface area contributed by atoms with Gasteiger partial charge in [0.1, 0.15) is 5.82 Å². The molecular formula is C21H27FN4. The molecule has 2 N–H and O–H groups in total. The number of aromatic nitrogens is 1. The predicted octanol–water partition coefficient (Wildman–Crippen LogP) is 3.36. The molecule has 0 atom stereocenters. The average molecular weight is 354 g/mol. The summed E-state index contributed by atoms with van der Waals surface area (Å²) in [5.74, 6) is 0.650.